The van der Waals surface area contributed by atoms with Gasteiger partial charge in [0.25, 0.3) is 0 Å². The molecule has 9 aromatic rings. The Hall–Kier alpha value is -7.51. The summed E-state index contributed by atoms with van der Waals surface area (Å²) in [6.07, 6.45) is 6.84. The second kappa shape index (κ2) is 14.8. The molecule has 7 heteroatoms. The smallest absolute Gasteiger partial charge is 0.182 e. The number of aromatic nitrogens is 7. The van der Waals surface area contributed by atoms with Crippen LogP contribution in [0.15, 0.2) is 176 Å². The largest absolute Gasteiger partial charge is 0.241 e. The summed E-state index contributed by atoms with van der Waals surface area (Å²) in [6.45, 7) is 0. The van der Waals surface area contributed by atoms with E-state index in [1.165, 1.54) is 48.8 Å². The van der Waals surface area contributed by atoms with E-state index in [4.69, 9.17) is 34.9 Å². The molecular weight excluding hydrogens is 783 g/mol. The van der Waals surface area contributed by atoms with E-state index in [0.29, 0.717) is 58.2 Å². The first-order valence-electron chi connectivity index (χ1n) is 22.7. The number of hydrogen-bond acceptors (Lipinski definition) is 7. The van der Waals surface area contributed by atoms with Gasteiger partial charge in [-0.3, -0.25) is 0 Å². The minimum absolute atomic E-state index is 0.0888. The summed E-state index contributed by atoms with van der Waals surface area (Å²) >= 11 is 0. The van der Waals surface area contributed by atoms with Crippen LogP contribution in [0.4, 0.5) is 0 Å². The molecule has 0 amide bonds. The van der Waals surface area contributed by atoms with E-state index < -0.39 is 0 Å². The van der Waals surface area contributed by atoms with E-state index in [-0.39, 0.29) is 5.41 Å². The standard InChI is InChI=1S/C57H43N7/c1-5-15-37(16-6-1)51-59-52(38-17-7-2-8-18-38)62-55(61-51)49-33-42(34-50(58-49)56-63-53(39-19-9-3-10-20-39)60-54(64-56)40-21-11-4-12-22-40)41-25-26-48-46(32-41)45-23-13-14-24-47(45)57(48)43-28-35-27-36(30-43)31-44(57)29-35/h1-26,32-36,43-44H,27-31H2. The zero-order valence-electron chi connectivity index (χ0n) is 35.2. The van der Waals surface area contributed by atoms with Crippen molar-refractivity contribution < 1.29 is 0 Å². The molecule has 5 aliphatic rings. The van der Waals surface area contributed by atoms with E-state index in [0.717, 1.165) is 45.2 Å². The van der Waals surface area contributed by atoms with Crippen molar-refractivity contribution in [3.05, 3.63) is 187 Å². The lowest BCUT2D eigenvalue weighted by Crippen LogP contribution is -2.55. The average molecular weight is 826 g/mol. The monoisotopic (exact) mass is 825 g/mol. The first-order chi connectivity index (χ1) is 31.6. The van der Waals surface area contributed by atoms with Gasteiger partial charge in [0.2, 0.25) is 0 Å². The Balaban J connectivity index is 1.03. The van der Waals surface area contributed by atoms with Crippen molar-refractivity contribution in [1.29, 1.82) is 0 Å². The van der Waals surface area contributed by atoms with E-state index in [1.807, 2.05) is 121 Å². The van der Waals surface area contributed by atoms with E-state index in [1.54, 1.807) is 5.56 Å². The molecule has 7 nitrogen and oxygen atoms in total. The number of rotatable bonds is 7. The van der Waals surface area contributed by atoms with Crippen molar-refractivity contribution in [1.82, 2.24) is 34.9 Å². The van der Waals surface area contributed by atoms with Gasteiger partial charge in [-0.15, -0.1) is 0 Å². The van der Waals surface area contributed by atoms with Crippen molar-refractivity contribution in [3.8, 4) is 90.8 Å². The Morgan fingerprint density at radius 1 is 0.297 bits per heavy atom. The molecule has 0 atom stereocenters. The summed E-state index contributed by atoms with van der Waals surface area (Å²) in [7, 11) is 0. The normalized spacial score (nSPS) is 21.2. The van der Waals surface area contributed by atoms with Crippen molar-refractivity contribution in [2.45, 2.75) is 37.5 Å². The van der Waals surface area contributed by atoms with E-state index >= 15 is 0 Å². The molecule has 0 radical (unpaired) electrons. The third-order valence-electron chi connectivity index (χ3n) is 14.6. The van der Waals surface area contributed by atoms with Gasteiger partial charge in [0.15, 0.2) is 34.9 Å². The van der Waals surface area contributed by atoms with Gasteiger partial charge in [0, 0.05) is 27.7 Å². The predicted octanol–water partition coefficient (Wildman–Crippen LogP) is 12.8. The highest BCUT2D eigenvalue weighted by Crippen LogP contribution is 2.69. The van der Waals surface area contributed by atoms with Crippen LogP contribution in [0, 0.1) is 23.7 Å². The van der Waals surface area contributed by atoms with Crippen molar-refractivity contribution in [2.24, 2.45) is 23.7 Å². The third kappa shape index (κ3) is 6.05. The topological polar surface area (TPSA) is 90.2 Å². The molecule has 0 unspecified atom stereocenters. The second-order valence-electron chi connectivity index (χ2n) is 18.2. The fourth-order valence-corrected chi connectivity index (χ4v) is 12.1. The molecular formula is C57H43N7. The molecule has 64 heavy (non-hydrogen) atoms. The summed E-state index contributed by atoms with van der Waals surface area (Å²) in [4.78, 5) is 36.0. The van der Waals surface area contributed by atoms with Gasteiger partial charge < -0.3 is 0 Å². The Bertz CT molecular complexity index is 2940. The van der Waals surface area contributed by atoms with E-state index in [2.05, 4.69) is 54.6 Å². The summed E-state index contributed by atoms with van der Waals surface area (Å²) < 4.78 is 0. The molecule has 1 spiro atoms. The van der Waals surface area contributed by atoms with Crippen molar-refractivity contribution in [2.75, 3.05) is 0 Å². The maximum absolute atomic E-state index is 5.36. The highest BCUT2D eigenvalue weighted by atomic mass is 15.1. The first kappa shape index (κ1) is 37.1. The number of nitrogens with zero attached hydrogens (tertiary/aromatic N) is 7. The quantitative estimate of drug-likeness (QED) is 0.158. The summed E-state index contributed by atoms with van der Waals surface area (Å²) in [5.41, 5.74) is 12.8. The minimum atomic E-state index is 0.0888. The van der Waals surface area contributed by atoms with Gasteiger partial charge in [-0.1, -0.05) is 158 Å². The van der Waals surface area contributed by atoms with Crippen LogP contribution in [0.5, 0.6) is 0 Å². The fourth-order valence-electron chi connectivity index (χ4n) is 12.1. The molecule has 0 saturated heterocycles. The van der Waals surface area contributed by atoms with Crippen LogP contribution in [0.3, 0.4) is 0 Å². The summed E-state index contributed by atoms with van der Waals surface area (Å²) in [5, 5.41) is 0. The van der Waals surface area contributed by atoms with Crippen LogP contribution in [-0.4, -0.2) is 34.9 Å². The SMILES string of the molecule is c1ccc(-c2nc(-c3ccccc3)nc(-c3cc(-c4ccc5c(c4)-c4ccccc4C54C5CC6CC(C5)CC4C6)cc(-c4nc(-c5ccccc5)nc(-c5ccccc5)n4)n3)n2)cc1. The van der Waals surface area contributed by atoms with E-state index in [9.17, 15) is 0 Å². The van der Waals surface area contributed by atoms with Gasteiger partial charge in [0.1, 0.15) is 11.4 Å². The van der Waals surface area contributed by atoms with Gasteiger partial charge in [0.05, 0.1) is 0 Å². The Morgan fingerprint density at radius 2 is 0.688 bits per heavy atom. The minimum Gasteiger partial charge on any atom is -0.241 e. The number of pyridine rings is 1. The lowest BCUT2D eigenvalue weighted by atomic mass is 9.43. The molecule has 4 saturated carbocycles. The maximum Gasteiger partial charge on any atom is 0.182 e. The molecule has 5 aliphatic carbocycles. The molecule has 3 aromatic heterocycles. The summed E-state index contributed by atoms with van der Waals surface area (Å²) in [6, 6.07) is 61.1. The molecule has 306 valence electrons. The van der Waals surface area contributed by atoms with Crippen molar-refractivity contribution in [3.63, 3.8) is 0 Å². The van der Waals surface area contributed by atoms with Crippen LogP contribution >= 0.6 is 0 Å². The summed E-state index contributed by atoms with van der Waals surface area (Å²) in [5.74, 6) is 6.40. The van der Waals surface area contributed by atoms with Crippen LogP contribution < -0.4 is 0 Å². The van der Waals surface area contributed by atoms with Gasteiger partial charge >= 0.3 is 0 Å². The molecule has 0 N–H and O–H groups in total. The molecule has 6 aromatic carbocycles. The molecule has 0 aliphatic heterocycles. The third-order valence-corrected chi connectivity index (χ3v) is 14.6. The molecule has 14 rings (SSSR count). The highest BCUT2D eigenvalue weighted by molar-refractivity contribution is 5.86. The Morgan fingerprint density at radius 3 is 1.14 bits per heavy atom. The second-order valence-corrected chi connectivity index (χ2v) is 18.2. The Labute approximate surface area is 372 Å². The van der Waals surface area contributed by atoms with Crippen LogP contribution in [0.2, 0.25) is 0 Å². The van der Waals surface area contributed by atoms with Crippen LogP contribution in [0.25, 0.3) is 90.8 Å². The number of benzene rings is 6. The molecule has 4 fully saturated rings. The molecule has 4 bridgehead atoms. The lowest BCUT2D eigenvalue weighted by Gasteiger charge is -2.61. The lowest BCUT2D eigenvalue weighted by molar-refractivity contribution is -0.0399. The van der Waals surface area contributed by atoms with Crippen LogP contribution in [0.1, 0.15) is 43.2 Å². The van der Waals surface area contributed by atoms with Crippen LogP contribution in [-0.2, 0) is 5.41 Å². The highest BCUT2D eigenvalue weighted by Gasteiger charge is 2.61. The van der Waals surface area contributed by atoms with Gasteiger partial charge in [-0.25, -0.2) is 34.9 Å². The molecule has 3 heterocycles. The number of hydrogen-bond donors (Lipinski definition) is 0. The van der Waals surface area contributed by atoms with Crippen molar-refractivity contribution >= 4 is 0 Å². The average Bonchev–Trinajstić information content (AvgIpc) is 3.66. The zero-order chi connectivity index (χ0) is 42.2. The number of fused-ring (bicyclic) bond motifs is 3. The fraction of sp³-hybridized carbons (Fsp3) is 0.175. The van der Waals surface area contributed by atoms with Gasteiger partial charge in [-0.2, -0.15) is 0 Å². The predicted molar refractivity (Wildman–Crippen MR) is 252 cm³/mol. The Kier molecular flexibility index (Phi) is 8.58. The maximum atomic E-state index is 5.36. The van der Waals surface area contributed by atoms with Gasteiger partial charge in [-0.05, 0) is 107 Å². The first-order valence-corrected chi connectivity index (χ1v) is 22.7. The zero-order valence-corrected chi connectivity index (χ0v) is 35.2.